The van der Waals surface area contributed by atoms with Crippen LogP contribution in [0.15, 0.2) is 30.3 Å². The van der Waals surface area contributed by atoms with Crippen LogP contribution in [-0.2, 0) is 39.8 Å². The first-order chi connectivity index (χ1) is 15.6. The van der Waals surface area contributed by atoms with E-state index in [4.69, 9.17) is 13.7 Å². The van der Waals surface area contributed by atoms with E-state index in [0.717, 1.165) is 0 Å². The number of hydrogen-bond donors (Lipinski definition) is 3. The van der Waals surface area contributed by atoms with E-state index in [1.54, 1.807) is 30.3 Å². The Labute approximate surface area is 199 Å². The van der Waals surface area contributed by atoms with Gasteiger partial charge >= 0.3 is 12.1 Å². The molecular formula is C22H33NO10S. The van der Waals surface area contributed by atoms with Crippen LogP contribution < -0.4 is 5.32 Å². The molecule has 34 heavy (non-hydrogen) atoms. The van der Waals surface area contributed by atoms with E-state index in [2.05, 4.69) is 5.32 Å². The van der Waals surface area contributed by atoms with Gasteiger partial charge in [0.2, 0.25) is 12.2 Å². The fraction of sp³-hybridized carbons (Fsp3) is 0.591. The highest BCUT2D eigenvalue weighted by Gasteiger charge is 2.57. The Bertz CT molecular complexity index is 946. The minimum atomic E-state index is -4.38. The van der Waals surface area contributed by atoms with Crippen LogP contribution in [0.1, 0.15) is 46.6 Å². The van der Waals surface area contributed by atoms with Crippen molar-refractivity contribution in [2.75, 3.05) is 12.3 Å². The highest BCUT2D eigenvalue weighted by molar-refractivity contribution is 7.86. The molecule has 1 amide bonds. The predicted molar refractivity (Wildman–Crippen MR) is 121 cm³/mol. The summed E-state index contributed by atoms with van der Waals surface area (Å²) in [4.78, 5) is 35.4. The highest BCUT2D eigenvalue weighted by Crippen LogP contribution is 2.40. The van der Waals surface area contributed by atoms with Gasteiger partial charge in [0.25, 0.3) is 10.1 Å². The molecule has 0 spiro atoms. The monoisotopic (exact) mass is 503 g/mol. The van der Waals surface area contributed by atoms with Gasteiger partial charge in [-0.15, -0.1) is 0 Å². The second kappa shape index (κ2) is 12.1. The third-order valence-corrected chi connectivity index (χ3v) is 6.28. The molecule has 1 rings (SSSR count). The molecule has 1 aromatic carbocycles. The number of aliphatic hydroxyl groups is 1. The van der Waals surface area contributed by atoms with Crippen molar-refractivity contribution in [3.63, 3.8) is 0 Å². The molecule has 0 radical (unpaired) electrons. The quantitative estimate of drug-likeness (QED) is 0.156. The van der Waals surface area contributed by atoms with Gasteiger partial charge in [0.05, 0.1) is 17.3 Å². The summed E-state index contributed by atoms with van der Waals surface area (Å²) in [6.45, 7) is 6.81. The van der Waals surface area contributed by atoms with Crippen LogP contribution in [0.5, 0.6) is 0 Å². The predicted octanol–water partition coefficient (Wildman–Crippen LogP) is 1.83. The molecule has 0 aliphatic heterocycles. The van der Waals surface area contributed by atoms with E-state index < -0.39 is 57.8 Å². The number of nitrogens with one attached hydrogen (secondary N) is 1. The SMILES string of the molecule is CC(=O)NCCCS(=O)(=O)OC(OC(=O)OC(C)C)C(C)(C)[C@](O)(Cc1ccccc1)C(=O)O. The first-order valence-electron chi connectivity index (χ1n) is 10.6. The molecule has 0 aliphatic rings. The zero-order chi connectivity index (χ0) is 26.2. The molecule has 192 valence electrons. The van der Waals surface area contributed by atoms with E-state index in [-0.39, 0.29) is 18.9 Å². The topological polar surface area (TPSA) is 166 Å². The number of hydrogen-bond acceptors (Lipinski definition) is 9. The first kappa shape index (κ1) is 29.3. The molecule has 0 saturated heterocycles. The lowest BCUT2D eigenvalue weighted by molar-refractivity contribution is -0.213. The lowest BCUT2D eigenvalue weighted by Gasteiger charge is -2.42. The molecule has 0 aliphatic carbocycles. The number of carboxylic acid groups (broad SMARTS) is 1. The molecule has 0 bridgehead atoms. The van der Waals surface area contributed by atoms with Gasteiger partial charge < -0.3 is 25.0 Å². The Morgan fingerprint density at radius 2 is 1.68 bits per heavy atom. The summed E-state index contributed by atoms with van der Waals surface area (Å²) < 4.78 is 40.3. The number of benzene rings is 1. The van der Waals surface area contributed by atoms with Crippen LogP contribution in [0, 0.1) is 5.41 Å². The summed E-state index contributed by atoms with van der Waals surface area (Å²) >= 11 is 0. The van der Waals surface area contributed by atoms with Crippen LogP contribution in [-0.4, -0.2) is 67.0 Å². The molecule has 2 atom stereocenters. The highest BCUT2D eigenvalue weighted by atomic mass is 32.2. The number of rotatable bonds is 13. The van der Waals surface area contributed by atoms with E-state index in [1.165, 1.54) is 34.6 Å². The molecule has 0 fully saturated rings. The van der Waals surface area contributed by atoms with E-state index in [0.29, 0.717) is 5.56 Å². The molecule has 1 unspecified atom stereocenters. The van der Waals surface area contributed by atoms with Crippen molar-refractivity contribution in [1.29, 1.82) is 0 Å². The maximum Gasteiger partial charge on any atom is 0.510 e. The van der Waals surface area contributed by atoms with E-state index in [9.17, 15) is 33.0 Å². The van der Waals surface area contributed by atoms with Crippen molar-refractivity contribution >= 4 is 28.1 Å². The van der Waals surface area contributed by atoms with Crippen LogP contribution in [0.3, 0.4) is 0 Å². The van der Waals surface area contributed by atoms with Crippen molar-refractivity contribution in [3.05, 3.63) is 35.9 Å². The molecule has 12 heteroatoms. The third-order valence-electron chi connectivity index (χ3n) is 5.03. The zero-order valence-electron chi connectivity index (χ0n) is 19.9. The van der Waals surface area contributed by atoms with Crippen molar-refractivity contribution in [2.24, 2.45) is 5.41 Å². The lowest BCUT2D eigenvalue weighted by atomic mass is 9.71. The maximum absolute atomic E-state index is 12.6. The van der Waals surface area contributed by atoms with Crippen LogP contribution in [0.2, 0.25) is 0 Å². The lowest BCUT2D eigenvalue weighted by Crippen LogP contribution is -2.60. The second-order valence-electron chi connectivity index (χ2n) is 8.61. The Balaban J connectivity index is 3.28. The molecule has 0 aromatic heterocycles. The largest absolute Gasteiger partial charge is 0.510 e. The number of aliphatic carboxylic acids is 1. The van der Waals surface area contributed by atoms with Gasteiger partial charge in [0, 0.05) is 19.9 Å². The van der Waals surface area contributed by atoms with Gasteiger partial charge in [0.15, 0.2) is 5.60 Å². The van der Waals surface area contributed by atoms with Gasteiger partial charge in [0.1, 0.15) is 0 Å². The van der Waals surface area contributed by atoms with Gasteiger partial charge in [-0.2, -0.15) is 8.42 Å². The summed E-state index contributed by atoms with van der Waals surface area (Å²) in [7, 11) is -4.38. The number of amides is 1. The normalized spacial score (nSPS) is 14.7. The van der Waals surface area contributed by atoms with E-state index >= 15 is 0 Å². The number of ether oxygens (including phenoxy) is 2. The molecule has 0 saturated carbocycles. The minimum Gasteiger partial charge on any atom is -0.479 e. The van der Waals surface area contributed by atoms with Gasteiger partial charge in [-0.3, -0.25) is 4.79 Å². The number of carbonyl (C=O) groups excluding carboxylic acids is 2. The Morgan fingerprint density at radius 3 is 2.18 bits per heavy atom. The molecule has 1 aromatic rings. The van der Waals surface area contributed by atoms with Gasteiger partial charge in [-0.25, -0.2) is 13.8 Å². The van der Waals surface area contributed by atoms with Gasteiger partial charge in [-0.05, 0) is 25.8 Å². The van der Waals surface area contributed by atoms with Crippen molar-refractivity contribution in [3.8, 4) is 0 Å². The fourth-order valence-corrected chi connectivity index (χ4v) is 4.10. The van der Waals surface area contributed by atoms with Crippen LogP contribution in [0.25, 0.3) is 0 Å². The van der Waals surface area contributed by atoms with Gasteiger partial charge in [-0.1, -0.05) is 44.2 Å². The number of carboxylic acids is 1. The molecule has 3 N–H and O–H groups in total. The van der Waals surface area contributed by atoms with Crippen LogP contribution in [0.4, 0.5) is 4.79 Å². The Morgan fingerprint density at radius 1 is 1.09 bits per heavy atom. The molecule has 0 heterocycles. The summed E-state index contributed by atoms with van der Waals surface area (Å²) in [5.41, 5.74) is -4.14. The summed E-state index contributed by atoms with van der Waals surface area (Å²) in [5.74, 6) is -2.57. The average Bonchev–Trinajstić information content (AvgIpc) is 2.70. The Hall–Kier alpha value is -2.70. The average molecular weight is 504 g/mol. The second-order valence-corrected chi connectivity index (χ2v) is 10.3. The fourth-order valence-electron chi connectivity index (χ4n) is 2.95. The van der Waals surface area contributed by atoms with Crippen molar-refractivity contribution in [1.82, 2.24) is 5.32 Å². The minimum absolute atomic E-state index is 0.0152. The molecule has 11 nitrogen and oxygen atoms in total. The Kier molecular flexibility index (Phi) is 10.5. The van der Waals surface area contributed by atoms with Crippen molar-refractivity contribution in [2.45, 2.75) is 65.5 Å². The smallest absolute Gasteiger partial charge is 0.479 e. The van der Waals surface area contributed by atoms with Crippen molar-refractivity contribution < 1.29 is 46.7 Å². The summed E-state index contributed by atoms with van der Waals surface area (Å²) in [6, 6.07) is 8.18. The third kappa shape index (κ3) is 8.58. The van der Waals surface area contributed by atoms with Crippen LogP contribution >= 0.6 is 0 Å². The zero-order valence-corrected chi connectivity index (χ0v) is 20.8. The van der Waals surface area contributed by atoms with E-state index in [1.807, 2.05) is 0 Å². The first-order valence-corrected chi connectivity index (χ1v) is 12.2. The number of carbonyl (C=O) groups is 3. The standard InChI is InChI=1S/C22H33NO10S/c1-15(2)31-20(27)32-19(33-34(29,30)13-9-12-23-16(3)24)21(4,5)22(28,18(25)26)14-17-10-7-6-8-11-17/h6-8,10-11,15,19,28H,9,12-14H2,1-5H3,(H,23,24)(H,25,26)/t19?,22-/m0/s1. The maximum atomic E-state index is 12.6. The summed E-state index contributed by atoms with van der Waals surface area (Å²) in [5, 5.41) is 23.6. The summed E-state index contributed by atoms with van der Waals surface area (Å²) in [6.07, 6.45) is -4.41. The molecular weight excluding hydrogens is 470 g/mol.